The number of aromatic nitrogens is 1. The molecule has 4 nitrogen and oxygen atoms in total. The summed E-state index contributed by atoms with van der Waals surface area (Å²) in [4.78, 5) is 19.3. The van der Waals surface area contributed by atoms with Gasteiger partial charge in [0.25, 0.3) is 5.91 Å². The van der Waals surface area contributed by atoms with Gasteiger partial charge in [-0.1, -0.05) is 0 Å². The van der Waals surface area contributed by atoms with Crippen molar-refractivity contribution in [3.8, 4) is 0 Å². The molecule has 21 heavy (non-hydrogen) atoms. The summed E-state index contributed by atoms with van der Waals surface area (Å²) >= 11 is 0. The molecular weight excluding hydrogens is 309 g/mol. The van der Waals surface area contributed by atoms with E-state index in [1.54, 1.807) is 0 Å². The average Bonchev–Trinajstić information content (AvgIpc) is 2.62. The third-order valence-electron chi connectivity index (χ3n) is 4.34. The van der Waals surface area contributed by atoms with Crippen LogP contribution in [0, 0.1) is 13.8 Å². The molecule has 2 aliphatic heterocycles. The highest BCUT2D eigenvalue weighted by molar-refractivity contribution is 5.95. The van der Waals surface area contributed by atoms with Gasteiger partial charge in [0.05, 0.1) is 11.3 Å². The first kappa shape index (κ1) is 18.2. The maximum atomic E-state index is 12.8. The van der Waals surface area contributed by atoms with E-state index in [0.29, 0.717) is 12.1 Å². The van der Waals surface area contributed by atoms with Crippen LogP contribution in [-0.4, -0.2) is 41.0 Å². The van der Waals surface area contributed by atoms with Crippen LogP contribution >= 0.6 is 24.8 Å². The van der Waals surface area contributed by atoms with E-state index in [9.17, 15) is 4.79 Å². The summed E-state index contributed by atoms with van der Waals surface area (Å²) in [6.45, 7) is 5.84. The number of hydrogen-bond donors (Lipinski definition) is 1. The second kappa shape index (κ2) is 7.43. The van der Waals surface area contributed by atoms with Gasteiger partial charge in [0.1, 0.15) is 0 Å². The second-order valence-corrected chi connectivity index (χ2v) is 5.68. The lowest BCUT2D eigenvalue weighted by molar-refractivity contribution is 0.0679. The van der Waals surface area contributed by atoms with Crippen molar-refractivity contribution in [1.82, 2.24) is 15.2 Å². The minimum Gasteiger partial charge on any atom is -0.331 e. The SMILES string of the molecule is Cc1ccc(C(=O)N2C3CCNCC2CC3)c(C)n1.Cl.Cl. The van der Waals surface area contributed by atoms with Crippen molar-refractivity contribution in [2.24, 2.45) is 0 Å². The first-order valence-corrected chi connectivity index (χ1v) is 7.14. The second-order valence-electron chi connectivity index (χ2n) is 5.68. The summed E-state index contributed by atoms with van der Waals surface area (Å²) in [6, 6.07) is 4.63. The quantitative estimate of drug-likeness (QED) is 0.859. The molecule has 1 N–H and O–H groups in total. The predicted octanol–water partition coefficient (Wildman–Crippen LogP) is 2.51. The summed E-state index contributed by atoms with van der Waals surface area (Å²) < 4.78 is 0. The van der Waals surface area contributed by atoms with Gasteiger partial charge in [0.15, 0.2) is 0 Å². The number of pyridine rings is 1. The van der Waals surface area contributed by atoms with Gasteiger partial charge in [-0.15, -0.1) is 24.8 Å². The fourth-order valence-corrected chi connectivity index (χ4v) is 3.37. The number of carbonyl (C=O) groups is 1. The zero-order chi connectivity index (χ0) is 13.4. The van der Waals surface area contributed by atoms with Crippen molar-refractivity contribution < 1.29 is 4.79 Å². The predicted molar refractivity (Wildman–Crippen MR) is 88.7 cm³/mol. The fourth-order valence-electron chi connectivity index (χ4n) is 3.37. The van der Waals surface area contributed by atoms with Gasteiger partial charge >= 0.3 is 0 Å². The van der Waals surface area contributed by atoms with Crippen LogP contribution in [0.2, 0.25) is 0 Å². The van der Waals surface area contributed by atoms with Crippen molar-refractivity contribution in [3.63, 3.8) is 0 Å². The molecule has 2 aliphatic rings. The Labute approximate surface area is 138 Å². The Bertz CT molecular complexity index is 496. The standard InChI is InChI=1S/C15H21N3O.2ClH/c1-10-3-6-14(11(2)17-10)15(19)18-12-4-5-13(18)9-16-8-7-12;;/h3,6,12-13,16H,4-5,7-9H2,1-2H3;2*1H. The minimum absolute atomic E-state index is 0. The van der Waals surface area contributed by atoms with Gasteiger partial charge in [-0.3, -0.25) is 9.78 Å². The van der Waals surface area contributed by atoms with Crippen molar-refractivity contribution >= 4 is 30.7 Å². The van der Waals surface area contributed by atoms with E-state index in [1.165, 1.54) is 0 Å². The number of amides is 1. The van der Waals surface area contributed by atoms with E-state index in [2.05, 4.69) is 15.2 Å². The van der Waals surface area contributed by atoms with Crippen LogP contribution in [0.4, 0.5) is 0 Å². The van der Waals surface area contributed by atoms with Gasteiger partial charge in [0.2, 0.25) is 0 Å². The number of carbonyl (C=O) groups excluding carboxylic acids is 1. The smallest absolute Gasteiger partial charge is 0.256 e. The first-order chi connectivity index (χ1) is 9.16. The van der Waals surface area contributed by atoms with Gasteiger partial charge in [-0.2, -0.15) is 0 Å². The molecule has 2 unspecified atom stereocenters. The number of fused-ring (bicyclic) bond motifs is 2. The lowest BCUT2D eigenvalue weighted by Crippen LogP contribution is -2.42. The molecule has 0 spiro atoms. The number of rotatable bonds is 1. The van der Waals surface area contributed by atoms with E-state index >= 15 is 0 Å². The van der Waals surface area contributed by atoms with Crippen LogP contribution in [0.5, 0.6) is 0 Å². The van der Waals surface area contributed by atoms with Gasteiger partial charge in [-0.05, 0) is 51.8 Å². The molecule has 2 atom stereocenters. The highest BCUT2D eigenvalue weighted by Gasteiger charge is 2.38. The number of nitrogens with zero attached hydrogens (tertiary/aromatic N) is 2. The molecule has 0 aliphatic carbocycles. The maximum Gasteiger partial charge on any atom is 0.256 e. The first-order valence-electron chi connectivity index (χ1n) is 7.14. The fraction of sp³-hybridized carbons (Fsp3) is 0.600. The largest absolute Gasteiger partial charge is 0.331 e. The average molecular weight is 332 g/mol. The Kier molecular flexibility index (Phi) is 6.44. The van der Waals surface area contributed by atoms with Gasteiger partial charge in [0, 0.05) is 24.3 Å². The molecule has 118 valence electrons. The minimum atomic E-state index is 0. The molecule has 2 bridgehead atoms. The van der Waals surface area contributed by atoms with E-state index < -0.39 is 0 Å². The zero-order valence-corrected chi connectivity index (χ0v) is 14.1. The molecule has 1 amide bonds. The molecule has 2 fully saturated rings. The third-order valence-corrected chi connectivity index (χ3v) is 4.34. The molecule has 0 radical (unpaired) electrons. The molecular formula is C15H23Cl2N3O. The lowest BCUT2D eigenvalue weighted by Gasteiger charge is -2.28. The Morgan fingerprint density at radius 1 is 1.19 bits per heavy atom. The Morgan fingerprint density at radius 3 is 2.62 bits per heavy atom. The monoisotopic (exact) mass is 331 g/mol. The Balaban J connectivity index is 0.00000110. The number of aryl methyl sites for hydroxylation is 2. The summed E-state index contributed by atoms with van der Waals surface area (Å²) in [7, 11) is 0. The number of nitrogens with one attached hydrogen (secondary N) is 1. The van der Waals surface area contributed by atoms with Crippen LogP contribution in [-0.2, 0) is 0 Å². The summed E-state index contributed by atoms with van der Waals surface area (Å²) in [5.74, 6) is 0.168. The van der Waals surface area contributed by atoms with Crippen LogP contribution in [0.1, 0.15) is 41.0 Å². The summed E-state index contributed by atoms with van der Waals surface area (Å²) in [5.41, 5.74) is 2.58. The van der Waals surface area contributed by atoms with Crippen LogP contribution in [0.15, 0.2) is 12.1 Å². The lowest BCUT2D eigenvalue weighted by atomic mass is 10.1. The van der Waals surface area contributed by atoms with Gasteiger partial charge < -0.3 is 10.2 Å². The van der Waals surface area contributed by atoms with Crippen LogP contribution in [0.3, 0.4) is 0 Å². The zero-order valence-electron chi connectivity index (χ0n) is 12.5. The molecule has 0 aromatic carbocycles. The van der Waals surface area contributed by atoms with Crippen molar-refractivity contribution in [2.45, 2.75) is 45.2 Å². The highest BCUT2D eigenvalue weighted by atomic mass is 35.5. The molecule has 3 rings (SSSR count). The maximum absolute atomic E-state index is 12.8. The highest BCUT2D eigenvalue weighted by Crippen LogP contribution is 2.29. The summed E-state index contributed by atoms with van der Waals surface area (Å²) in [5, 5.41) is 3.43. The van der Waals surface area contributed by atoms with Crippen molar-refractivity contribution in [3.05, 3.63) is 29.1 Å². The number of hydrogen-bond acceptors (Lipinski definition) is 3. The Hall–Kier alpha value is -0.840. The van der Waals surface area contributed by atoms with E-state index in [0.717, 1.165) is 49.3 Å². The molecule has 6 heteroatoms. The molecule has 1 aromatic heterocycles. The molecule has 1 aromatic rings. The van der Waals surface area contributed by atoms with E-state index in [-0.39, 0.29) is 30.7 Å². The Morgan fingerprint density at radius 2 is 1.90 bits per heavy atom. The van der Waals surface area contributed by atoms with Crippen LogP contribution < -0.4 is 5.32 Å². The third kappa shape index (κ3) is 3.50. The van der Waals surface area contributed by atoms with Crippen LogP contribution in [0.25, 0.3) is 0 Å². The molecule has 0 saturated carbocycles. The molecule has 3 heterocycles. The van der Waals surface area contributed by atoms with Crippen molar-refractivity contribution in [2.75, 3.05) is 13.1 Å². The van der Waals surface area contributed by atoms with Crippen molar-refractivity contribution in [1.29, 1.82) is 0 Å². The van der Waals surface area contributed by atoms with E-state index in [4.69, 9.17) is 0 Å². The normalized spacial score (nSPS) is 23.8. The number of halogens is 2. The van der Waals surface area contributed by atoms with E-state index in [1.807, 2.05) is 26.0 Å². The molecule has 2 saturated heterocycles. The topological polar surface area (TPSA) is 45.2 Å². The summed E-state index contributed by atoms with van der Waals surface area (Å²) in [6.07, 6.45) is 3.35. The van der Waals surface area contributed by atoms with Gasteiger partial charge in [-0.25, -0.2) is 0 Å².